The number of nitrogens with one attached hydrogen (secondary N) is 1. The number of benzene rings is 1. The Balaban J connectivity index is 2.08. The summed E-state index contributed by atoms with van der Waals surface area (Å²) in [5, 5.41) is 12.5. The second kappa shape index (κ2) is 5.67. The lowest BCUT2D eigenvalue weighted by Gasteiger charge is -2.08. The van der Waals surface area contributed by atoms with Crippen molar-refractivity contribution < 1.29 is 19.1 Å². The van der Waals surface area contributed by atoms with Gasteiger partial charge < -0.3 is 19.6 Å². The number of anilines is 1. The van der Waals surface area contributed by atoms with Gasteiger partial charge in [-0.2, -0.15) is 0 Å². The van der Waals surface area contributed by atoms with E-state index in [1.807, 2.05) is 0 Å². The van der Waals surface area contributed by atoms with Crippen molar-refractivity contribution in [1.82, 2.24) is 0 Å². The Morgan fingerprint density at radius 1 is 1.47 bits per heavy atom. The van der Waals surface area contributed by atoms with E-state index in [4.69, 9.17) is 25.9 Å². The lowest BCUT2D eigenvalue weighted by molar-refractivity contribution is 0.0694. The number of methoxy groups -OCH3 is 1. The smallest absolute Gasteiger partial charge is 0.339 e. The van der Waals surface area contributed by atoms with Crippen LogP contribution in [0.3, 0.4) is 0 Å². The molecule has 0 saturated carbocycles. The Bertz CT molecular complexity index is 594. The maximum atomic E-state index is 10.9. The number of halogens is 1. The Labute approximate surface area is 114 Å². The van der Waals surface area contributed by atoms with E-state index in [-0.39, 0.29) is 12.1 Å². The maximum absolute atomic E-state index is 10.9. The van der Waals surface area contributed by atoms with Gasteiger partial charge in [-0.25, -0.2) is 4.79 Å². The number of carbonyl (C=O) groups is 1. The molecule has 0 aliphatic carbocycles. The van der Waals surface area contributed by atoms with Crippen molar-refractivity contribution in [2.45, 2.75) is 6.54 Å². The van der Waals surface area contributed by atoms with Crippen LogP contribution in [0, 0.1) is 0 Å². The zero-order chi connectivity index (χ0) is 13.8. The zero-order valence-electron chi connectivity index (χ0n) is 10.1. The first-order valence-electron chi connectivity index (χ1n) is 5.49. The van der Waals surface area contributed by atoms with E-state index < -0.39 is 5.97 Å². The van der Waals surface area contributed by atoms with Crippen LogP contribution >= 0.6 is 11.6 Å². The van der Waals surface area contributed by atoms with Gasteiger partial charge in [0.1, 0.15) is 17.1 Å². The highest BCUT2D eigenvalue weighted by Crippen LogP contribution is 2.27. The summed E-state index contributed by atoms with van der Waals surface area (Å²) in [7, 11) is 1.54. The molecular weight excluding hydrogens is 270 g/mol. The molecule has 1 aromatic carbocycles. The van der Waals surface area contributed by atoms with Gasteiger partial charge in [-0.1, -0.05) is 11.6 Å². The van der Waals surface area contributed by atoms with Crippen molar-refractivity contribution >= 4 is 23.3 Å². The van der Waals surface area contributed by atoms with Crippen LogP contribution in [-0.2, 0) is 6.54 Å². The molecular formula is C13H12ClNO4. The molecule has 0 aliphatic rings. The molecule has 0 amide bonds. The molecule has 0 fully saturated rings. The molecule has 2 aromatic rings. The molecule has 0 radical (unpaired) electrons. The minimum atomic E-state index is -1.02. The molecule has 2 N–H and O–H groups in total. The number of carboxylic acids is 1. The van der Waals surface area contributed by atoms with Crippen LogP contribution in [0.15, 0.2) is 34.9 Å². The normalized spacial score (nSPS) is 10.2. The molecule has 0 saturated heterocycles. The molecule has 1 heterocycles. The number of hydrogen-bond donors (Lipinski definition) is 2. The summed E-state index contributed by atoms with van der Waals surface area (Å²) < 4.78 is 10.2. The lowest BCUT2D eigenvalue weighted by atomic mass is 10.2. The molecule has 5 nitrogen and oxygen atoms in total. The summed E-state index contributed by atoms with van der Waals surface area (Å²) in [4.78, 5) is 10.9. The predicted molar refractivity (Wildman–Crippen MR) is 71.0 cm³/mol. The Morgan fingerprint density at radius 3 is 2.89 bits per heavy atom. The molecule has 2 rings (SSSR count). The number of rotatable bonds is 5. The summed E-state index contributed by atoms with van der Waals surface area (Å²) in [6, 6.07) is 6.63. The minimum Gasteiger partial charge on any atom is -0.495 e. The summed E-state index contributed by atoms with van der Waals surface area (Å²) in [5.41, 5.74) is 0.894. The summed E-state index contributed by atoms with van der Waals surface area (Å²) in [5.74, 6) is -0.0748. The molecule has 0 atom stereocenters. The molecule has 0 aliphatic heterocycles. The van der Waals surface area contributed by atoms with Gasteiger partial charge in [0.25, 0.3) is 0 Å². The first-order valence-corrected chi connectivity index (χ1v) is 5.86. The molecule has 0 unspecified atom stereocenters. The third-order valence-corrected chi connectivity index (χ3v) is 2.88. The summed E-state index contributed by atoms with van der Waals surface area (Å²) >= 11 is 5.99. The highest BCUT2D eigenvalue weighted by atomic mass is 35.5. The second-order valence-electron chi connectivity index (χ2n) is 3.77. The second-order valence-corrected chi connectivity index (χ2v) is 4.17. The van der Waals surface area contributed by atoms with E-state index in [1.165, 1.54) is 19.4 Å². The molecule has 6 heteroatoms. The molecule has 1 aromatic heterocycles. The van der Waals surface area contributed by atoms with Crippen molar-refractivity contribution in [3.05, 3.63) is 46.9 Å². The summed E-state index contributed by atoms with van der Waals surface area (Å²) in [6.45, 7) is 0.261. The Morgan fingerprint density at radius 2 is 2.26 bits per heavy atom. The quantitative estimate of drug-likeness (QED) is 0.880. The Kier molecular flexibility index (Phi) is 3.97. The molecule has 0 spiro atoms. The van der Waals surface area contributed by atoms with E-state index in [0.717, 1.165) is 5.69 Å². The number of hydrogen-bond acceptors (Lipinski definition) is 4. The molecule has 100 valence electrons. The Hall–Kier alpha value is -2.14. The van der Waals surface area contributed by atoms with Gasteiger partial charge >= 0.3 is 5.97 Å². The fraction of sp³-hybridized carbons (Fsp3) is 0.154. The van der Waals surface area contributed by atoms with Crippen molar-refractivity contribution in [3.8, 4) is 5.75 Å². The highest BCUT2D eigenvalue weighted by molar-refractivity contribution is 6.32. The number of furan rings is 1. The van der Waals surface area contributed by atoms with Gasteiger partial charge in [0.15, 0.2) is 0 Å². The van der Waals surface area contributed by atoms with Gasteiger partial charge in [0, 0.05) is 5.69 Å². The van der Waals surface area contributed by atoms with Crippen LogP contribution in [0.1, 0.15) is 16.1 Å². The SMILES string of the molecule is COc1ccc(NCc2occc2C(=O)O)cc1Cl. The van der Waals surface area contributed by atoms with E-state index in [2.05, 4.69) is 5.32 Å². The van der Waals surface area contributed by atoms with Crippen LogP contribution < -0.4 is 10.1 Å². The van der Waals surface area contributed by atoms with Crippen LogP contribution in [0.2, 0.25) is 5.02 Å². The van der Waals surface area contributed by atoms with Crippen molar-refractivity contribution in [3.63, 3.8) is 0 Å². The van der Waals surface area contributed by atoms with Crippen LogP contribution in [0.25, 0.3) is 0 Å². The van der Waals surface area contributed by atoms with Gasteiger partial charge in [-0.15, -0.1) is 0 Å². The highest BCUT2D eigenvalue weighted by Gasteiger charge is 2.13. The zero-order valence-corrected chi connectivity index (χ0v) is 10.9. The minimum absolute atomic E-state index is 0.145. The van der Waals surface area contributed by atoms with Gasteiger partial charge in [0.2, 0.25) is 0 Å². The van der Waals surface area contributed by atoms with Gasteiger partial charge in [0.05, 0.1) is 24.9 Å². The standard InChI is InChI=1S/C13H12ClNO4/c1-18-11-3-2-8(6-10(11)14)15-7-12-9(13(16)17)4-5-19-12/h2-6,15H,7H2,1H3,(H,16,17). The largest absolute Gasteiger partial charge is 0.495 e. The maximum Gasteiger partial charge on any atom is 0.339 e. The van der Waals surface area contributed by atoms with E-state index in [0.29, 0.717) is 16.5 Å². The van der Waals surface area contributed by atoms with Crippen molar-refractivity contribution in [2.75, 3.05) is 12.4 Å². The predicted octanol–water partition coefficient (Wildman–Crippen LogP) is 3.25. The topological polar surface area (TPSA) is 71.7 Å². The van der Waals surface area contributed by atoms with E-state index in [1.54, 1.807) is 18.2 Å². The fourth-order valence-electron chi connectivity index (χ4n) is 1.63. The van der Waals surface area contributed by atoms with E-state index in [9.17, 15) is 4.79 Å². The number of ether oxygens (including phenoxy) is 1. The molecule has 0 bridgehead atoms. The average molecular weight is 282 g/mol. The molecule has 19 heavy (non-hydrogen) atoms. The first-order chi connectivity index (χ1) is 9.11. The average Bonchev–Trinajstić information content (AvgIpc) is 2.85. The van der Waals surface area contributed by atoms with E-state index >= 15 is 0 Å². The monoisotopic (exact) mass is 281 g/mol. The third kappa shape index (κ3) is 3.00. The number of carboxylic acid groups (broad SMARTS) is 1. The van der Waals surface area contributed by atoms with Crippen molar-refractivity contribution in [1.29, 1.82) is 0 Å². The van der Waals surface area contributed by atoms with Gasteiger partial charge in [-0.05, 0) is 24.3 Å². The summed E-state index contributed by atoms with van der Waals surface area (Å²) in [6.07, 6.45) is 1.35. The van der Waals surface area contributed by atoms with Crippen LogP contribution in [0.5, 0.6) is 5.75 Å². The van der Waals surface area contributed by atoms with Crippen LogP contribution in [-0.4, -0.2) is 18.2 Å². The van der Waals surface area contributed by atoms with Crippen molar-refractivity contribution in [2.24, 2.45) is 0 Å². The van der Waals surface area contributed by atoms with Gasteiger partial charge in [-0.3, -0.25) is 0 Å². The third-order valence-electron chi connectivity index (χ3n) is 2.58. The van der Waals surface area contributed by atoms with Crippen LogP contribution in [0.4, 0.5) is 5.69 Å². The first kappa shape index (κ1) is 13.3. The fourth-order valence-corrected chi connectivity index (χ4v) is 1.88. The lowest BCUT2D eigenvalue weighted by Crippen LogP contribution is -2.04. The number of aromatic carboxylic acids is 1.